The van der Waals surface area contributed by atoms with Gasteiger partial charge in [-0.15, -0.1) is 0 Å². The maximum Gasteiger partial charge on any atom is 0.118 e. The van der Waals surface area contributed by atoms with Gasteiger partial charge in [-0.25, -0.2) is 4.68 Å². The number of hydrogen-bond donors (Lipinski definition) is 1. The van der Waals surface area contributed by atoms with Crippen LogP contribution in [0.1, 0.15) is 34.6 Å². The highest BCUT2D eigenvalue weighted by molar-refractivity contribution is 5.48. The molecule has 0 amide bonds. The van der Waals surface area contributed by atoms with Crippen molar-refractivity contribution < 1.29 is 9.52 Å². The summed E-state index contributed by atoms with van der Waals surface area (Å²) in [6.45, 7) is 11.1. The third kappa shape index (κ3) is 4.67. The predicted molar refractivity (Wildman–Crippen MR) is 118 cm³/mol. The van der Waals surface area contributed by atoms with Crippen LogP contribution in [0.5, 0.6) is 0 Å². The van der Waals surface area contributed by atoms with Crippen LogP contribution >= 0.6 is 0 Å². The fourth-order valence-corrected chi connectivity index (χ4v) is 4.52. The Morgan fingerprint density at radius 3 is 2.70 bits per heavy atom. The molecule has 0 unspecified atom stereocenters. The minimum atomic E-state index is 0.203. The Morgan fingerprint density at radius 2 is 2.00 bits per heavy atom. The third-order valence-electron chi connectivity index (χ3n) is 6.03. The molecular weight excluding hydrogens is 376 g/mol. The second-order valence-corrected chi connectivity index (χ2v) is 8.41. The van der Waals surface area contributed by atoms with Gasteiger partial charge in [0.15, 0.2) is 0 Å². The Balaban J connectivity index is 1.51. The molecule has 160 valence electrons. The lowest BCUT2D eigenvalue weighted by Gasteiger charge is -2.41. The summed E-state index contributed by atoms with van der Waals surface area (Å²) in [6, 6.07) is 10.8. The molecule has 1 aliphatic rings. The van der Waals surface area contributed by atoms with Gasteiger partial charge in [-0.05, 0) is 68.1 Å². The lowest BCUT2D eigenvalue weighted by molar-refractivity contribution is 0.0453. The number of hydrogen-bond acceptors (Lipinski definition) is 5. The summed E-state index contributed by atoms with van der Waals surface area (Å²) in [5, 5.41) is 14.1. The van der Waals surface area contributed by atoms with Gasteiger partial charge in [0.2, 0.25) is 0 Å². The van der Waals surface area contributed by atoms with Gasteiger partial charge in [0.25, 0.3) is 0 Å². The Kier molecular flexibility index (Phi) is 6.37. The first-order chi connectivity index (χ1) is 14.5. The van der Waals surface area contributed by atoms with Gasteiger partial charge < -0.3 is 9.52 Å². The van der Waals surface area contributed by atoms with Crippen molar-refractivity contribution in [2.75, 3.05) is 26.2 Å². The molecule has 3 aromatic rings. The molecular formula is C24H32N4O2. The smallest absolute Gasteiger partial charge is 0.118 e. The topological polar surface area (TPSA) is 57.7 Å². The lowest BCUT2D eigenvalue weighted by atomic mass is 10.0. The zero-order chi connectivity index (χ0) is 21.1. The Hall–Kier alpha value is -2.41. The molecule has 1 N–H and O–H groups in total. The van der Waals surface area contributed by atoms with Crippen LogP contribution in [-0.4, -0.2) is 57.0 Å². The number of benzene rings is 1. The first-order valence-electron chi connectivity index (χ1n) is 10.8. The van der Waals surface area contributed by atoms with Crippen LogP contribution < -0.4 is 0 Å². The van der Waals surface area contributed by atoms with Gasteiger partial charge in [0.1, 0.15) is 11.5 Å². The second-order valence-electron chi connectivity index (χ2n) is 8.41. The summed E-state index contributed by atoms with van der Waals surface area (Å²) in [6.07, 6.45) is 4.61. The second kappa shape index (κ2) is 9.16. The van der Waals surface area contributed by atoms with E-state index < -0.39 is 0 Å². The number of rotatable bonds is 7. The maximum atomic E-state index is 9.65. The van der Waals surface area contributed by atoms with Crippen LogP contribution in [0, 0.1) is 20.8 Å². The molecule has 1 fully saturated rings. The molecule has 0 spiro atoms. The Morgan fingerprint density at radius 1 is 1.13 bits per heavy atom. The van der Waals surface area contributed by atoms with Gasteiger partial charge in [-0.3, -0.25) is 9.80 Å². The molecule has 1 saturated heterocycles. The standard InChI is InChI=1S/C24H32N4O2/c1-18-13-19(2)23(24(14-18)28-9-4-8-25-28)17-26-10-11-27(21(15-26)7-12-29)16-22-6-5-20(3)30-22/h4-6,8-9,13-14,21,29H,7,10-12,15-17H2,1-3H3/t21-/m1/s1. The minimum absolute atomic E-state index is 0.203. The first-order valence-corrected chi connectivity index (χ1v) is 10.8. The zero-order valence-electron chi connectivity index (χ0n) is 18.2. The number of aryl methyl sites for hydroxylation is 3. The van der Waals surface area contributed by atoms with Crippen molar-refractivity contribution in [3.63, 3.8) is 0 Å². The predicted octanol–water partition coefficient (Wildman–Crippen LogP) is 3.46. The quantitative estimate of drug-likeness (QED) is 0.649. The summed E-state index contributed by atoms with van der Waals surface area (Å²) in [5.41, 5.74) is 5.03. The Labute approximate surface area is 178 Å². The van der Waals surface area contributed by atoms with Crippen LogP contribution in [0.25, 0.3) is 5.69 Å². The van der Waals surface area contributed by atoms with E-state index in [-0.39, 0.29) is 6.61 Å². The molecule has 6 nitrogen and oxygen atoms in total. The molecule has 1 atom stereocenters. The van der Waals surface area contributed by atoms with Crippen LogP contribution in [0.15, 0.2) is 47.1 Å². The molecule has 2 aromatic heterocycles. The molecule has 0 aliphatic carbocycles. The van der Waals surface area contributed by atoms with E-state index in [1.54, 1.807) is 0 Å². The highest BCUT2D eigenvalue weighted by Gasteiger charge is 2.28. The van der Waals surface area contributed by atoms with E-state index in [1.165, 1.54) is 16.7 Å². The normalized spacial score (nSPS) is 18.2. The molecule has 1 aliphatic heterocycles. The molecule has 0 radical (unpaired) electrons. The van der Waals surface area contributed by atoms with Crippen molar-refractivity contribution in [1.82, 2.24) is 19.6 Å². The van der Waals surface area contributed by atoms with E-state index in [2.05, 4.69) is 46.9 Å². The van der Waals surface area contributed by atoms with Gasteiger partial charge >= 0.3 is 0 Å². The zero-order valence-corrected chi connectivity index (χ0v) is 18.2. The van der Waals surface area contributed by atoms with Crippen molar-refractivity contribution in [1.29, 1.82) is 0 Å². The van der Waals surface area contributed by atoms with Crippen molar-refractivity contribution in [3.8, 4) is 5.69 Å². The van der Waals surface area contributed by atoms with Crippen LogP contribution in [-0.2, 0) is 13.1 Å². The first kappa shape index (κ1) is 20.8. The van der Waals surface area contributed by atoms with Gasteiger partial charge in [-0.2, -0.15) is 5.10 Å². The molecule has 30 heavy (non-hydrogen) atoms. The number of nitrogens with zero attached hydrogens (tertiary/aromatic N) is 4. The van der Waals surface area contributed by atoms with Crippen molar-refractivity contribution in [3.05, 3.63) is 70.9 Å². The highest BCUT2D eigenvalue weighted by Crippen LogP contribution is 2.25. The molecule has 1 aromatic carbocycles. The summed E-state index contributed by atoms with van der Waals surface area (Å²) < 4.78 is 7.76. The molecule has 3 heterocycles. The highest BCUT2D eigenvalue weighted by atomic mass is 16.3. The van der Waals surface area contributed by atoms with E-state index in [9.17, 15) is 5.11 Å². The van der Waals surface area contributed by atoms with Gasteiger partial charge in [-0.1, -0.05) is 6.07 Å². The SMILES string of the molecule is Cc1cc(C)c(CN2CCN(Cc3ccc(C)o3)[C@H](CCO)C2)c(-n2cccn2)c1. The summed E-state index contributed by atoms with van der Waals surface area (Å²) in [5.74, 6) is 1.95. The maximum absolute atomic E-state index is 9.65. The van der Waals surface area contributed by atoms with E-state index >= 15 is 0 Å². The van der Waals surface area contributed by atoms with E-state index in [0.717, 1.165) is 56.4 Å². The lowest BCUT2D eigenvalue weighted by Crippen LogP contribution is -2.52. The largest absolute Gasteiger partial charge is 0.465 e. The van der Waals surface area contributed by atoms with Crippen molar-refractivity contribution in [2.24, 2.45) is 0 Å². The van der Waals surface area contributed by atoms with Crippen LogP contribution in [0.3, 0.4) is 0 Å². The number of piperazine rings is 1. The van der Waals surface area contributed by atoms with E-state index in [1.807, 2.05) is 36.1 Å². The average molecular weight is 409 g/mol. The van der Waals surface area contributed by atoms with E-state index in [4.69, 9.17) is 4.42 Å². The third-order valence-corrected chi connectivity index (χ3v) is 6.03. The summed E-state index contributed by atoms with van der Waals surface area (Å²) in [7, 11) is 0. The summed E-state index contributed by atoms with van der Waals surface area (Å²) in [4.78, 5) is 4.95. The fraction of sp³-hybridized carbons (Fsp3) is 0.458. The fourth-order valence-electron chi connectivity index (χ4n) is 4.52. The van der Waals surface area contributed by atoms with E-state index in [0.29, 0.717) is 6.04 Å². The van der Waals surface area contributed by atoms with Crippen LogP contribution in [0.4, 0.5) is 0 Å². The van der Waals surface area contributed by atoms with Crippen molar-refractivity contribution in [2.45, 2.75) is 46.3 Å². The van der Waals surface area contributed by atoms with Crippen molar-refractivity contribution >= 4 is 0 Å². The van der Waals surface area contributed by atoms with Crippen LogP contribution in [0.2, 0.25) is 0 Å². The molecule has 4 rings (SSSR count). The monoisotopic (exact) mass is 408 g/mol. The number of aliphatic hydroxyl groups is 1. The molecule has 0 bridgehead atoms. The molecule has 0 saturated carbocycles. The average Bonchev–Trinajstić information content (AvgIpc) is 3.38. The minimum Gasteiger partial charge on any atom is -0.465 e. The molecule has 6 heteroatoms. The number of aliphatic hydroxyl groups excluding tert-OH is 1. The summed E-state index contributed by atoms with van der Waals surface area (Å²) >= 11 is 0. The Bertz CT molecular complexity index is 964. The van der Waals surface area contributed by atoms with Gasteiger partial charge in [0.05, 0.1) is 12.2 Å². The number of aromatic nitrogens is 2. The number of furan rings is 1. The van der Waals surface area contributed by atoms with Gasteiger partial charge in [0, 0.05) is 51.2 Å².